The van der Waals surface area contributed by atoms with Crippen LogP contribution in [0.4, 0.5) is 5.69 Å². The van der Waals surface area contributed by atoms with Crippen LogP contribution in [0.15, 0.2) is 43.0 Å². The molecule has 1 amide bonds. The minimum atomic E-state index is -0.0650. The SMILES string of the molecule is C=CCN(C(=O)c1cc(N)c2ccccc2n1)C1CC1. The highest BCUT2D eigenvalue weighted by Crippen LogP contribution is 2.29. The van der Waals surface area contributed by atoms with Gasteiger partial charge in [-0.2, -0.15) is 0 Å². The quantitative estimate of drug-likeness (QED) is 0.866. The highest BCUT2D eigenvalue weighted by atomic mass is 16.2. The second-order valence-corrected chi connectivity index (χ2v) is 5.09. The highest BCUT2D eigenvalue weighted by Gasteiger charge is 2.32. The van der Waals surface area contributed by atoms with Crippen LogP contribution in [0.5, 0.6) is 0 Å². The van der Waals surface area contributed by atoms with Crippen LogP contribution in [0.3, 0.4) is 0 Å². The standard InChI is InChI=1S/C16H17N3O/c1-2-9-19(11-7-8-11)16(20)15-10-13(17)12-5-3-4-6-14(12)18-15/h2-6,10-11H,1,7-9H2,(H2,17,18). The molecule has 0 bridgehead atoms. The Labute approximate surface area is 117 Å². The van der Waals surface area contributed by atoms with Gasteiger partial charge in [-0.05, 0) is 25.0 Å². The Bertz CT molecular complexity index is 676. The molecule has 4 nitrogen and oxygen atoms in total. The van der Waals surface area contributed by atoms with Crippen LogP contribution in [0.2, 0.25) is 0 Å². The molecule has 102 valence electrons. The molecule has 4 heteroatoms. The summed E-state index contributed by atoms with van der Waals surface area (Å²) in [5.74, 6) is -0.0650. The molecule has 1 fully saturated rings. The topological polar surface area (TPSA) is 59.2 Å². The fourth-order valence-corrected chi connectivity index (χ4v) is 2.38. The number of anilines is 1. The summed E-state index contributed by atoms with van der Waals surface area (Å²) in [5.41, 5.74) is 7.79. The van der Waals surface area contributed by atoms with Gasteiger partial charge in [-0.25, -0.2) is 4.98 Å². The van der Waals surface area contributed by atoms with Gasteiger partial charge in [-0.15, -0.1) is 6.58 Å². The summed E-state index contributed by atoms with van der Waals surface area (Å²) in [6.45, 7) is 4.27. The number of para-hydroxylation sites is 1. The summed E-state index contributed by atoms with van der Waals surface area (Å²) in [5, 5.41) is 0.880. The first kappa shape index (κ1) is 12.7. The number of rotatable bonds is 4. The minimum absolute atomic E-state index is 0.0650. The maximum Gasteiger partial charge on any atom is 0.273 e. The van der Waals surface area contributed by atoms with Crippen molar-refractivity contribution < 1.29 is 4.79 Å². The fourth-order valence-electron chi connectivity index (χ4n) is 2.38. The number of nitrogens with two attached hydrogens (primary N) is 1. The van der Waals surface area contributed by atoms with E-state index < -0.39 is 0 Å². The van der Waals surface area contributed by atoms with Gasteiger partial charge in [0.15, 0.2) is 0 Å². The van der Waals surface area contributed by atoms with Gasteiger partial charge in [0.05, 0.1) is 5.52 Å². The van der Waals surface area contributed by atoms with E-state index >= 15 is 0 Å². The summed E-state index contributed by atoms with van der Waals surface area (Å²) in [7, 11) is 0. The van der Waals surface area contributed by atoms with Gasteiger partial charge in [-0.1, -0.05) is 24.3 Å². The van der Waals surface area contributed by atoms with Crippen LogP contribution >= 0.6 is 0 Å². The van der Waals surface area contributed by atoms with Gasteiger partial charge in [0, 0.05) is 23.7 Å². The largest absolute Gasteiger partial charge is 0.398 e. The predicted molar refractivity (Wildman–Crippen MR) is 80.4 cm³/mol. The summed E-state index contributed by atoms with van der Waals surface area (Å²) in [4.78, 5) is 18.8. The zero-order chi connectivity index (χ0) is 14.1. The van der Waals surface area contributed by atoms with Gasteiger partial charge in [0.1, 0.15) is 5.69 Å². The predicted octanol–water partition coefficient (Wildman–Crippen LogP) is 2.61. The van der Waals surface area contributed by atoms with Crippen molar-refractivity contribution in [3.8, 4) is 0 Å². The molecule has 1 heterocycles. The molecule has 1 aliphatic rings. The Balaban J connectivity index is 2.00. The number of carbonyl (C=O) groups excluding carboxylic acids is 1. The van der Waals surface area contributed by atoms with Crippen molar-refractivity contribution in [2.45, 2.75) is 18.9 Å². The first-order valence-corrected chi connectivity index (χ1v) is 6.78. The number of pyridine rings is 1. The smallest absolute Gasteiger partial charge is 0.273 e. The van der Waals surface area contributed by atoms with E-state index in [0.29, 0.717) is 24.0 Å². The molecule has 2 aromatic rings. The molecule has 0 aliphatic heterocycles. The molecule has 1 aromatic heterocycles. The van der Waals surface area contributed by atoms with Crippen LogP contribution in [0.25, 0.3) is 10.9 Å². The molecular weight excluding hydrogens is 250 g/mol. The molecule has 0 atom stereocenters. The normalized spacial score (nSPS) is 14.2. The number of nitrogens with zero attached hydrogens (tertiary/aromatic N) is 2. The Morgan fingerprint density at radius 1 is 1.45 bits per heavy atom. The van der Waals surface area contributed by atoms with Gasteiger partial charge in [0.25, 0.3) is 5.91 Å². The number of fused-ring (bicyclic) bond motifs is 1. The monoisotopic (exact) mass is 267 g/mol. The van der Waals surface area contributed by atoms with Crippen molar-refractivity contribution in [3.05, 3.63) is 48.7 Å². The Kier molecular flexibility index (Phi) is 3.14. The number of benzene rings is 1. The lowest BCUT2D eigenvalue weighted by Gasteiger charge is -2.20. The molecule has 1 aromatic carbocycles. The van der Waals surface area contributed by atoms with Crippen molar-refractivity contribution >= 4 is 22.5 Å². The van der Waals surface area contributed by atoms with Gasteiger partial charge in [0.2, 0.25) is 0 Å². The lowest BCUT2D eigenvalue weighted by Crippen LogP contribution is -2.33. The average molecular weight is 267 g/mol. The van der Waals surface area contributed by atoms with Crippen LogP contribution < -0.4 is 5.73 Å². The van der Waals surface area contributed by atoms with Crippen molar-refractivity contribution in [1.29, 1.82) is 0 Å². The van der Waals surface area contributed by atoms with Gasteiger partial charge in [-0.3, -0.25) is 4.79 Å². The van der Waals surface area contributed by atoms with E-state index in [1.807, 2.05) is 29.2 Å². The summed E-state index contributed by atoms with van der Waals surface area (Å²) in [6, 6.07) is 9.59. The molecule has 20 heavy (non-hydrogen) atoms. The average Bonchev–Trinajstić information content (AvgIpc) is 3.28. The van der Waals surface area contributed by atoms with Crippen molar-refractivity contribution in [2.24, 2.45) is 0 Å². The number of hydrogen-bond acceptors (Lipinski definition) is 3. The van der Waals surface area contributed by atoms with E-state index in [0.717, 1.165) is 23.7 Å². The fraction of sp³-hybridized carbons (Fsp3) is 0.250. The molecule has 1 aliphatic carbocycles. The molecule has 0 spiro atoms. The number of amides is 1. The van der Waals surface area contributed by atoms with E-state index in [1.165, 1.54) is 0 Å². The molecule has 0 saturated heterocycles. The number of hydrogen-bond donors (Lipinski definition) is 1. The third kappa shape index (κ3) is 2.25. The van der Waals surface area contributed by atoms with Crippen molar-refractivity contribution in [3.63, 3.8) is 0 Å². The molecule has 0 radical (unpaired) electrons. The molecule has 0 unspecified atom stereocenters. The van der Waals surface area contributed by atoms with Crippen molar-refractivity contribution in [1.82, 2.24) is 9.88 Å². The summed E-state index contributed by atoms with van der Waals surface area (Å²) in [6.07, 6.45) is 3.87. The second kappa shape index (κ2) is 4.96. The first-order chi connectivity index (χ1) is 9.70. The third-order valence-corrected chi connectivity index (χ3v) is 3.54. The van der Waals surface area contributed by atoms with E-state index in [2.05, 4.69) is 11.6 Å². The van der Waals surface area contributed by atoms with Crippen LogP contribution in [-0.2, 0) is 0 Å². The van der Waals surface area contributed by atoms with Gasteiger partial charge < -0.3 is 10.6 Å². The Morgan fingerprint density at radius 3 is 2.90 bits per heavy atom. The van der Waals surface area contributed by atoms with Gasteiger partial charge >= 0.3 is 0 Å². The molecule has 1 saturated carbocycles. The second-order valence-electron chi connectivity index (χ2n) is 5.09. The lowest BCUT2D eigenvalue weighted by atomic mass is 10.1. The Hall–Kier alpha value is -2.36. The van der Waals surface area contributed by atoms with Crippen LogP contribution in [-0.4, -0.2) is 28.4 Å². The highest BCUT2D eigenvalue weighted by molar-refractivity contribution is 5.99. The third-order valence-electron chi connectivity index (χ3n) is 3.54. The van der Waals surface area contributed by atoms with Crippen molar-refractivity contribution in [2.75, 3.05) is 12.3 Å². The van der Waals surface area contributed by atoms with E-state index in [1.54, 1.807) is 12.1 Å². The molecule has 2 N–H and O–H groups in total. The lowest BCUT2D eigenvalue weighted by molar-refractivity contribution is 0.0757. The van der Waals surface area contributed by atoms with E-state index in [9.17, 15) is 4.79 Å². The number of carbonyl (C=O) groups is 1. The van der Waals surface area contributed by atoms with Crippen LogP contribution in [0.1, 0.15) is 23.3 Å². The minimum Gasteiger partial charge on any atom is -0.398 e. The number of aromatic nitrogens is 1. The molecular formula is C16H17N3O. The first-order valence-electron chi connectivity index (χ1n) is 6.78. The van der Waals surface area contributed by atoms with Crippen LogP contribution in [0, 0.1) is 0 Å². The zero-order valence-corrected chi connectivity index (χ0v) is 11.2. The number of nitrogen functional groups attached to an aromatic ring is 1. The maximum atomic E-state index is 12.6. The summed E-state index contributed by atoms with van der Waals surface area (Å²) >= 11 is 0. The Morgan fingerprint density at radius 2 is 2.20 bits per heavy atom. The maximum absolute atomic E-state index is 12.6. The zero-order valence-electron chi connectivity index (χ0n) is 11.2. The van der Waals surface area contributed by atoms with E-state index in [-0.39, 0.29) is 5.91 Å². The molecule has 3 rings (SSSR count). The summed E-state index contributed by atoms with van der Waals surface area (Å²) < 4.78 is 0. The van der Waals surface area contributed by atoms with E-state index in [4.69, 9.17) is 5.73 Å².